The molecule has 1 aromatic heterocycles. The van der Waals surface area contributed by atoms with Crippen LogP contribution in [0.4, 0.5) is 5.69 Å². The molecule has 0 aliphatic heterocycles. The van der Waals surface area contributed by atoms with Crippen LogP contribution in [-0.2, 0) is 10.3 Å². The Kier molecular flexibility index (Phi) is 6.95. The molecule has 0 radical (unpaired) electrons. The van der Waals surface area contributed by atoms with Gasteiger partial charge in [0.25, 0.3) is 0 Å². The number of hydrogen-bond donors (Lipinski definition) is 3. The van der Waals surface area contributed by atoms with E-state index in [9.17, 15) is 4.79 Å². The van der Waals surface area contributed by atoms with Crippen molar-refractivity contribution in [3.05, 3.63) is 54.4 Å². The Balaban J connectivity index is 1.43. The molecule has 1 atom stereocenters. The third kappa shape index (κ3) is 5.05. The lowest BCUT2D eigenvalue weighted by Gasteiger charge is -2.31. The number of nitrogens with two attached hydrogens (primary N) is 1. The van der Waals surface area contributed by atoms with E-state index < -0.39 is 5.54 Å². The number of hydrogen-bond acceptors (Lipinski definition) is 6. The number of anilines is 1. The Labute approximate surface area is 188 Å². The highest BCUT2D eigenvalue weighted by Gasteiger charge is 2.43. The summed E-state index contributed by atoms with van der Waals surface area (Å²) in [5, 5.41) is 6.29. The van der Waals surface area contributed by atoms with Gasteiger partial charge in [0.1, 0.15) is 11.3 Å². The highest BCUT2D eigenvalue weighted by Crippen LogP contribution is 2.35. The molecule has 0 bridgehead atoms. The maximum absolute atomic E-state index is 13.3. The van der Waals surface area contributed by atoms with Gasteiger partial charge in [0.15, 0.2) is 11.1 Å². The quantitative estimate of drug-likeness (QED) is 0.435. The molecule has 1 heterocycles. The topological polar surface area (TPSA) is 102 Å². The molecule has 1 aliphatic rings. The lowest BCUT2D eigenvalue weighted by Crippen LogP contribution is -2.53. The van der Waals surface area contributed by atoms with E-state index >= 15 is 0 Å². The van der Waals surface area contributed by atoms with E-state index in [1.165, 1.54) is 19.3 Å². The number of fused-ring (bicyclic) bond motifs is 1. The van der Waals surface area contributed by atoms with Crippen molar-refractivity contribution in [3.63, 3.8) is 0 Å². The molecule has 1 amide bonds. The van der Waals surface area contributed by atoms with E-state index in [2.05, 4.69) is 15.6 Å². The van der Waals surface area contributed by atoms with Crippen molar-refractivity contribution in [2.24, 2.45) is 11.7 Å². The number of nitrogens with zero attached hydrogens (tertiary/aromatic N) is 1. The number of para-hydroxylation sites is 2. The number of methoxy groups -OCH3 is 1. The van der Waals surface area contributed by atoms with E-state index in [1.54, 1.807) is 7.11 Å². The molecule has 1 saturated carbocycles. The first kappa shape index (κ1) is 22.1. The summed E-state index contributed by atoms with van der Waals surface area (Å²) in [5.41, 5.74) is 7.81. The van der Waals surface area contributed by atoms with Crippen LogP contribution in [-0.4, -0.2) is 31.1 Å². The van der Waals surface area contributed by atoms with Crippen LogP contribution in [0.2, 0.25) is 0 Å². The minimum Gasteiger partial charge on any atom is -0.497 e. The predicted octanol–water partition coefficient (Wildman–Crippen LogP) is 4.19. The summed E-state index contributed by atoms with van der Waals surface area (Å²) in [6.45, 7) is 1.01. The second-order valence-electron chi connectivity index (χ2n) is 8.58. The average molecular weight is 437 g/mol. The highest BCUT2D eigenvalue weighted by molar-refractivity contribution is 5.87. The molecule has 32 heavy (non-hydrogen) atoms. The fourth-order valence-corrected chi connectivity index (χ4v) is 4.44. The standard InChI is InChI=1S/C25H32N4O3/c1-31-20-13-11-19(12-14-20)27-15-16-28-23(30)25(26,17-18-7-3-2-4-8-18)24-29-21-9-5-6-10-22(21)32-24/h5-6,9-14,18,27H,2-4,7-8,15-17,26H2,1H3,(H,28,30). The minimum absolute atomic E-state index is 0.244. The van der Waals surface area contributed by atoms with Crippen molar-refractivity contribution in [3.8, 4) is 5.75 Å². The SMILES string of the molecule is COc1ccc(NCCNC(=O)C(N)(CC2CCCCC2)c2nc3ccccc3o2)cc1. The van der Waals surface area contributed by atoms with Gasteiger partial charge >= 0.3 is 0 Å². The van der Waals surface area contributed by atoms with E-state index in [4.69, 9.17) is 14.9 Å². The molecule has 7 heteroatoms. The van der Waals surface area contributed by atoms with E-state index in [0.717, 1.165) is 29.8 Å². The fraction of sp³-hybridized carbons (Fsp3) is 0.440. The molecular weight excluding hydrogens is 404 g/mol. The van der Waals surface area contributed by atoms with Gasteiger partial charge in [-0.15, -0.1) is 0 Å². The number of amides is 1. The summed E-state index contributed by atoms with van der Waals surface area (Å²) in [6, 6.07) is 15.2. The van der Waals surface area contributed by atoms with Crippen LogP contribution >= 0.6 is 0 Å². The number of oxazole rings is 1. The van der Waals surface area contributed by atoms with E-state index in [0.29, 0.717) is 36.9 Å². The van der Waals surface area contributed by atoms with Gasteiger partial charge in [-0.05, 0) is 48.7 Å². The number of nitrogens with one attached hydrogen (secondary N) is 2. The Morgan fingerprint density at radius 1 is 1.12 bits per heavy atom. The van der Waals surface area contributed by atoms with Gasteiger partial charge in [-0.2, -0.15) is 0 Å². The molecule has 3 aromatic rings. The largest absolute Gasteiger partial charge is 0.497 e. The van der Waals surface area contributed by atoms with Crippen molar-refractivity contribution in [1.29, 1.82) is 0 Å². The fourth-order valence-electron chi connectivity index (χ4n) is 4.44. The molecule has 170 valence electrons. The Morgan fingerprint density at radius 2 is 1.88 bits per heavy atom. The monoisotopic (exact) mass is 436 g/mol. The van der Waals surface area contributed by atoms with Crippen molar-refractivity contribution < 1.29 is 13.9 Å². The van der Waals surface area contributed by atoms with Gasteiger partial charge in [0, 0.05) is 18.8 Å². The molecule has 1 aliphatic carbocycles. The molecule has 0 saturated heterocycles. The van der Waals surface area contributed by atoms with Crippen LogP contribution in [0.1, 0.15) is 44.4 Å². The van der Waals surface area contributed by atoms with Crippen LogP contribution in [0.5, 0.6) is 5.75 Å². The maximum atomic E-state index is 13.3. The number of carbonyl (C=O) groups excluding carboxylic acids is 1. The maximum Gasteiger partial charge on any atom is 0.249 e. The summed E-state index contributed by atoms with van der Waals surface area (Å²) in [5.74, 6) is 1.25. The molecule has 1 unspecified atom stereocenters. The van der Waals surface area contributed by atoms with Gasteiger partial charge in [-0.1, -0.05) is 44.2 Å². The summed E-state index contributed by atoms with van der Waals surface area (Å²) in [6.07, 6.45) is 6.33. The van der Waals surface area contributed by atoms with Crippen LogP contribution in [0, 0.1) is 5.92 Å². The van der Waals surface area contributed by atoms with Crippen molar-refractivity contribution >= 4 is 22.7 Å². The minimum atomic E-state index is -1.29. The first-order valence-corrected chi connectivity index (χ1v) is 11.4. The number of ether oxygens (including phenoxy) is 1. The number of carbonyl (C=O) groups is 1. The molecule has 1 fully saturated rings. The van der Waals surface area contributed by atoms with Gasteiger partial charge in [0.05, 0.1) is 7.11 Å². The smallest absolute Gasteiger partial charge is 0.249 e. The summed E-state index contributed by atoms with van der Waals surface area (Å²) in [4.78, 5) is 17.9. The molecule has 4 rings (SSSR count). The van der Waals surface area contributed by atoms with Gasteiger partial charge in [-0.25, -0.2) is 4.98 Å². The molecule has 4 N–H and O–H groups in total. The van der Waals surface area contributed by atoms with Gasteiger partial charge in [-0.3, -0.25) is 4.79 Å². The van der Waals surface area contributed by atoms with E-state index in [-0.39, 0.29) is 5.91 Å². The van der Waals surface area contributed by atoms with Crippen LogP contribution < -0.4 is 21.1 Å². The van der Waals surface area contributed by atoms with Crippen molar-refractivity contribution in [1.82, 2.24) is 10.3 Å². The van der Waals surface area contributed by atoms with E-state index in [1.807, 2.05) is 48.5 Å². The molecular formula is C25H32N4O3. The second kappa shape index (κ2) is 10.0. The highest BCUT2D eigenvalue weighted by atomic mass is 16.5. The average Bonchev–Trinajstić information content (AvgIpc) is 3.28. The zero-order valence-electron chi connectivity index (χ0n) is 18.6. The first-order valence-electron chi connectivity index (χ1n) is 11.4. The summed E-state index contributed by atoms with van der Waals surface area (Å²) >= 11 is 0. The third-order valence-corrected chi connectivity index (χ3v) is 6.25. The molecule has 2 aromatic carbocycles. The first-order chi connectivity index (χ1) is 15.6. The normalized spacial score (nSPS) is 16.4. The second-order valence-corrected chi connectivity index (χ2v) is 8.58. The van der Waals surface area contributed by atoms with Crippen molar-refractivity contribution in [2.75, 3.05) is 25.5 Å². The summed E-state index contributed by atoms with van der Waals surface area (Å²) < 4.78 is 11.1. The zero-order valence-corrected chi connectivity index (χ0v) is 18.6. The Hall–Kier alpha value is -3.06. The molecule has 7 nitrogen and oxygen atoms in total. The van der Waals surface area contributed by atoms with Crippen LogP contribution in [0.25, 0.3) is 11.1 Å². The predicted molar refractivity (Wildman–Crippen MR) is 126 cm³/mol. The zero-order chi connectivity index (χ0) is 22.4. The Morgan fingerprint density at radius 3 is 2.59 bits per heavy atom. The number of aromatic nitrogens is 1. The van der Waals surface area contributed by atoms with Crippen molar-refractivity contribution in [2.45, 2.75) is 44.1 Å². The number of rotatable bonds is 9. The summed E-state index contributed by atoms with van der Waals surface area (Å²) in [7, 11) is 1.64. The van der Waals surface area contributed by atoms with Crippen LogP contribution in [0.15, 0.2) is 52.9 Å². The lowest BCUT2D eigenvalue weighted by molar-refractivity contribution is -0.128. The third-order valence-electron chi connectivity index (χ3n) is 6.25. The Bertz CT molecular complexity index is 994. The van der Waals surface area contributed by atoms with Gasteiger partial charge in [0.2, 0.25) is 11.8 Å². The number of benzene rings is 2. The molecule has 0 spiro atoms. The van der Waals surface area contributed by atoms with Gasteiger partial charge < -0.3 is 25.5 Å². The lowest BCUT2D eigenvalue weighted by atomic mass is 9.79. The van der Waals surface area contributed by atoms with Crippen LogP contribution in [0.3, 0.4) is 0 Å².